The summed E-state index contributed by atoms with van der Waals surface area (Å²) in [6.07, 6.45) is -0.831. The van der Waals surface area contributed by atoms with Gasteiger partial charge in [-0.05, 0) is 18.1 Å². The molecule has 0 radical (unpaired) electrons. The first-order valence-corrected chi connectivity index (χ1v) is 10.2. The van der Waals surface area contributed by atoms with Crippen molar-refractivity contribution in [3.63, 3.8) is 0 Å². The standard InChI is InChI=1S/C23H32N2O5/c1-19(23(26)27)30-15-14-28-12-13-29-18-22(24-16-20-8-4-2-5-9-20)25-17-21-10-6-3-7-11-21/h2-11,19,22,24-25H,12-18H2,1H3,(H,26,27). The van der Waals surface area contributed by atoms with E-state index >= 15 is 0 Å². The first kappa shape index (κ1) is 24.0. The fraction of sp³-hybridized carbons (Fsp3) is 0.435. The molecule has 0 aliphatic carbocycles. The third-order valence-electron chi connectivity index (χ3n) is 4.39. The van der Waals surface area contributed by atoms with Crippen molar-refractivity contribution >= 4 is 5.97 Å². The number of ether oxygens (including phenoxy) is 3. The van der Waals surface area contributed by atoms with Crippen molar-refractivity contribution in [1.29, 1.82) is 0 Å². The van der Waals surface area contributed by atoms with Gasteiger partial charge in [0.15, 0.2) is 6.10 Å². The summed E-state index contributed by atoms with van der Waals surface area (Å²) in [4.78, 5) is 10.7. The molecule has 0 spiro atoms. The number of carboxylic acids is 1. The first-order chi connectivity index (χ1) is 14.6. The van der Waals surface area contributed by atoms with Crippen molar-refractivity contribution in [2.24, 2.45) is 0 Å². The van der Waals surface area contributed by atoms with Gasteiger partial charge in [0, 0.05) is 13.1 Å². The van der Waals surface area contributed by atoms with Crippen molar-refractivity contribution in [3.8, 4) is 0 Å². The molecular weight excluding hydrogens is 384 g/mol. The SMILES string of the molecule is CC(OCCOCCOCC(NCc1ccccc1)NCc1ccccc1)C(=O)O. The van der Waals surface area contributed by atoms with Crippen LogP contribution < -0.4 is 10.6 Å². The second-order valence-corrected chi connectivity index (χ2v) is 6.82. The van der Waals surface area contributed by atoms with Gasteiger partial charge in [0.1, 0.15) is 0 Å². The molecule has 0 heterocycles. The molecule has 0 fully saturated rings. The number of hydrogen-bond acceptors (Lipinski definition) is 6. The van der Waals surface area contributed by atoms with Gasteiger partial charge in [-0.1, -0.05) is 60.7 Å². The molecule has 0 aromatic heterocycles. The molecule has 3 N–H and O–H groups in total. The summed E-state index contributed by atoms with van der Waals surface area (Å²) in [5, 5.41) is 15.7. The molecule has 7 nitrogen and oxygen atoms in total. The molecule has 164 valence electrons. The normalized spacial score (nSPS) is 12.2. The molecule has 2 aromatic rings. The third kappa shape index (κ3) is 10.5. The van der Waals surface area contributed by atoms with Crippen molar-refractivity contribution in [2.45, 2.75) is 32.3 Å². The molecule has 1 unspecified atom stereocenters. The Morgan fingerprint density at radius 1 is 0.833 bits per heavy atom. The lowest BCUT2D eigenvalue weighted by Gasteiger charge is -2.21. The lowest BCUT2D eigenvalue weighted by atomic mass is 10.2. The number of nitrogens with one attached hydrogen (secondary N) is 2. The maximum Gasteiger partial charge on any atom is 0.332 e. The molecule has 0 bridgehead atoms. The fourth-order valence-corrected chi connectivity index (χ4v) is 2.64. The molecule has 30 heavy (non-hydrogen) atoms. The number of benzene rings is 2. The Kier molecular flexibility index (Phi) is 11.7. The summed E-state index contributed by atoms with van der Waals surface area (Å²) in [5.41, 5.74) is 2.42. The summed E-state index contributed by atoms with van der Waals surface area (Å²) in [6.45, 7) is 4.93. The van der Waals surface area contributed by atoms with E-state index in [1.165, 1.54) is 18.1 Å². The Hall–Kier alpha value is -2.29. The van der Waals surface area contributed by atoms with Gasteiger partial charge < -0.3 is 19.3 Å². The molecule has 2 aromatic carbocycles. The Balaban J connectivity index is 1.65. The van der Waals surface area contributed by atoms with Crippen molar-refractivity contribution in [3.05, 3.63) is 71.8 Å². The zero-order chi connectivity index (χ0) is 21.4. The minimum absolute atomic E-state index is 0.00911. The minimum atomic E-state index is -0.976. The van der Waals surface area contributed by atoms with E-state index in [4.69, 9.17) is 19.3 Å². The second kappa shape index (κ2) is 14.7. The zero-order valence-electron chi connectivity index (χ0n) is 17.5. The van der Waals surface area contributed by atoms with Crippen LogP contribution in [-0.4, -0.2) is 56.4 Å². The van der Waals surface area contributed by atoms with Crippen LogP contribution in [0.3, 0.4) is 0 Å². The largest absolute Gasteiger partial charge is 0.479 e. The van der Waals surface area contributed by atoms with Crippen molar-refractivity contribution < 1.29 is 24.1 Å². The van der Waals surface area contributed by atoms with E-state index in [0.29, 0.717) is 26.4 Å². The molecule has 0 amide bonds. The molecule has 0 aliphatic rings. The molecule has 2 rings (SSSR count). The van der Waals surface area contributed by atoms with Crippen molar-refractivity contribution in [2.75, 3.05) is 33.0 Å². The average Bonchev–Trinajstić information content (AvgIpc) is 2.78. The van der Waals surface area contributed by atoms with E-state index in [1.54, 1.807) is 0 Å². The van der Waals surface area contributed by atoms with E-state index in [-0.39, 0.29) is 12.8 Å². The van der Waals surface area contributed by atoms with Gasteiger partial charge >= 0.3 is 5.97 Å². The van der Waals surface area contributed by atoms with Crippen LogP contribution in [0.25, 0.3) is 0 Å². The van der Waals surface area contributed by atoms with Crippen LogP contribution in [0, 0.1) is 0 Å². The van der Waals surface area contributed by atoms with Gasteiger partial charge in [0.2, 0.25) is 0 Å². The van der Waals surface area contributed by atoms with E-state index in [9.17, 15) is 4.79 Å². The molecule has 0 aliphatic heterocycles. The molecular formula is C23H32N2O5. The van der Waals surface area contributed by atoms with Crippen LogP contribution in [-0.2, 0) is 32.1 Å². The third-order valence-corrected chi connectivity index (χ3v) is 4.39. The summed E-state index contributed by atoms with van der Waals surface area (Å²) in [7, 11) is 0. The highest BCUT2D eigenvalue weighted by molar-refractivity contribution is 5.71. The number of aliphatic carboxylic acids is 1. The highest BCUT2D eigenvalue weighted by atomic mass is 16.6. The summed E-state index contributed by atoms with van der Waals surface area (Å²) < 4.78 is 16.3. The van der Waals surface area contributed by atoms with Crippen LogP contribution in [0.4, 0.5) is 0 Å². The van der Waals surface area contributed by atoms with Crippen LogP contribution in [0.15, 0.2) is 60.7 Å². The molecule has 7 heteroatoms. The van der Waals surface area contributed by atoms with Gasteiger partial charge in [0.05, 0.1) is 39.2 Å². The lowest BCUT2D eigenvalue weighted by Crippen LogP contribution is -2.45. The molecule has 0 saturated heterocycles. The van der Waals surface area contributed by atoms with Gasteiger partial charge in [-0.25, -0.2) is 4.79 Å². The monoisotopic (exact) mass is 416 g/mol. The smallest absolute Gasteiger partial charge is 0.332 e. The van der Waals surface area contributed by atoms with Gasteiger partial charge in [0.25, 0.3) is 0 Å². The predicted octanol–water partition coefficient (Wildman–Crippen LogP) is 2.41. The van der Waals surface area contributed by atoms with Gasteiger partial charge in [-0.15, -0.1) is 0 Å². The predicted molar refractivity (Wildman–Crippen MR) is 115 cm³/mol. The highest BCUT2D eigenvalue weighted by Gasteiger charge is 2.10. The van der Waals surface area contributed by atoms with E-state index in [2.05, 4.69) is 34.9 Å². The van der Waals surface area contributed by atoms with Gasteiger partial charge in [-0.2, -0.15) is 0 Å². The number of rotatable bonds is 16. The fourth-order valence-electron chi connectivity index (χ4n) is 2.64. The second-order valence-electron chi connectivity index (χ2n) is 6.82. The first-order valence-electron chi connectivity index (χ1n) is 10.2. The number of carbonyl (C=O) groups is 1. The Bertz CT molecular complexity index is 656. The van der Waals surface area contributed by atoms with Crippen molar-refractivity contribution in [1.82, 2.24) is 10.6 Å². The quantitative estimate of drug-likeness (QED) is 0.286. The van der Waals surface area contributed by atoms with Crippen LogP contribution in [0.1, 0.15) is 18.1 Å². The number of carboxylic acid groups (broad SMARTS) is 1. The Morgan fingerprint density at radius 2 is 1.33 bits per heavy atom. The van der Waals surface area contributed by atoms with Crippen LogP contribution in [0.2, 0.25) is 0 Å². The maximum absolute atomic E-state index is 10.7. The molecule has 0 saturated carbocycles. The number of hydrogen-bond donors (Lipinski definition) is 3. The van der Waals surface area contributed by atoms with E-state index < -0.39 is 12.1 Å². The Labute approximate surface area is 178 Å². The highest BCUT2D eigenvalue weighted by Crippen LogP contribution is 2.01. The average molecular weight is 417 g/mol. The van der Waals surface area contributed by atoms with Gasteiger partial charge in [-0.3, -0.25) is 10.6 Å². The summed E-state index contributed by atoms with van der Waals surface area (Å²) >= 11 is 0. The minimum Gasteiger partial charge on any atom is -0.479 e. The summed E-state index contributed by atoms with van der Waals surface area (Å²) in [6, 6.07) is 20.5. The lowest BCUT2D eigenvalue weighted by molar-refractivity contribution is -0.150. The van der Waals surface area contributed by atoms with E-state index in [0.717, 1.165) is 13.1 Å². The summed E-state index contributed by atoms with van der Waals surface area (Å²) in [5.74, 6) is -0.976. The topological polar surface area (TPSA) is 89.0 Å². The molecule has 1 atom stereocenters. The van der Waals surface area contributed by atoms with Crippen LogP contribution in [0.5, 0.6) is 0 Å². The van der Waals surface area contributed by atoms with E-state index in [1.807, 2.05) is 36.4 Å². The zero-order valence-corrected chi connectivity index (χ0v) is 17.5. The maximum atomic E-state index is 10.7. The Morgan fingerprint density at radius 3 is 1.87 bits per heavy atom. The van der Waals surface area contributed by atoms with Crippen LogP contribution >= 0.6 is 0 Å².